The Morgan fingerprint density at radius 1 is 1.28 bits per heavy atom. The number of urea groups is 1. The van der Waals surface area contributed by atoms with Crippen LogP contribution in [-0.2, 0) is 4.74 Å². The van der Waals surface area contributed by atoms with E-state index < -0.39 is 0 Å². The predicted octanol–water partition coefficient (Wildman–Crippen LogP) is 1.74. The van der Waals surface area contributed by atoms with Crippen LogP contribution in [0.5, 0.6) is 0 Å². The summed E-state index contributed by atoms with van der Waals surface area (Å²) in [6.07, 6.45) is 3.55. The minimum absolute atomic E-state index is 0.0111. The number of hydrogen-bond acceptors (Lipinski definition) is 5. The summed E-state index contributed by atoms with van der Waals surface area (Å²) in [7, 11) is 0. The molecule has 7 nitrogen and oxygen atoms in total. The van der Waals surface area contributed by atoms with Crippen LogP contribution >= 0.6 is 0 Å². The van der Waals surface area contributed by atoms with Crippen LogP contribution in [0, 0.1) is 11.3 Å². The number of rotatable bonds is 2. The number of morpholine rings is 1. The molecule has 2 atom stereocenters. The summed E-state index contributed by atoms with van der Waals surface area (Å²) in [4.78, 5) is 20.9. The van der Waals surface area contributed by atoms with Crippen LogP contribution in [0.2, 0.25) is 0 Å². The fourth-order valence-corrected chi connectivity index (χ4v) is 3.50. The molecule has 7 heteroatoms. The second kappa shape index (κ2) is 7.70. The van der Waals surface area contributed by atoms with Crippen molar-refractivity contribution in [1.82, 2.24) is 15.2 Å². The first kappa shape index (κ1) is 17.5. The van der Waals surface area contributed by atoms with Gasteiger partial charge >= 0.3 is 6.03 Å². The number of nitrogens with zero attached hydrogens (tertiary/aromatic N) is 4. The number of amides is 2. The Morgan fingerprint density at radius 3 is 2.52 bits per heavy atom. The molecule has 1 aromatic rings. The van der Waals surface area contributed by atoms with Gasteiger partial charge in [-0.25, -0.2) is 9.78 Å². The Kier molecular flexibility index (Phi) is 5.39. The summed E-state index contributed by atoms with van der Waals surface area (Å²) in [6.45, 7) is 6.98. The van der Waals surface area contributed by atoms with Crippen molar-refractivity contribution >= 4 is 11.8 Å². The normalized spacial score (nSPS) is 24.7. The third-order valence-corrected chi connectivity index (χ3v) is 4.73. The van der Waals surface area contributed by atoms with Crippen molar-refractivity contribution in [2.45, 2.75) is 44.9 Å². The second-order valence-corrected chi connectivity index (χ2v) is 6.89. The van der Waals surface area contributed by atoms with Crippen molar-refractivity contribution in [2.24, 2.45) is 0 Å². The molecule has 2 saturated heterocycles. The Bertz CT molecular complexity index is 624. The number of carbonyl (C=O) groups is 1. The van der Waals surface area contributed by atoms with Crippen molar-refractivity contribution in [1.29, 1.82) is 5.26 Å². The average molecular weight is 343 g/mol. The topological polar surface area (TPSA) is 81.5 Å². The maximum absolute atomic E-state index is 12.5. The summed E-state index contributed by atoms with van der Waals surface area (Å²) >= 11 is 0. The summed E-state index contributed by atoms with van der Waals surface area (Å²) in [5, 5.41) is 12.0. The van der Waals surface area contributed by atoms with Gasteiger partial charge in [-0.05, 0) is 38.8 Å². The average Bonchev–Trinajstić information content (AvgIpc) is 2.61. The molecule has 1 aromatic heterocycles. The minimum Gasteiger partial charge on any atom is -0.372 e. The van der Waals surface area contributed by atoms with Gasteiger partial charge < -0.3 is 19.9 Å². The van der Waals surface area contributed by atoms with Crippen LogP contribution in [0.3, 0.4) is 0 Å². The molecule has 134 valence electrons. The van der Waals surface area contributed by atoms with E-state index in [2.05, 4.69) is 21.3 Å². The lowest BCUT2D eigenvalue weighted by molar-refractivity contribution is -0.0548. The van der Waals surface area contributed by atoms with Gasteiger partial charge in [-0.1, -0.05) is 0 Å². The van der Waals surface area contributed by atoms with E-state index in [9.17, 15) is 4.79 Å². The third-order valence-electron chi connectivity index (χ3n) is 4.73. The van der Waals surface area contributed by atoms with Crippen LogP contribution in [0.1, 0.15) is 32.3 Å². The first-order chi connectivity index (χ1) is 12.0. The second-order valence-electron chi connectivity index (χ2n) is 6.89. The van der Waals surface area contributed by atoms with E-state index in [4.69, 9.17) is 10.00 Å². The van der Waals surface area contributed by atoms with Gasteiger partial charge in [0.1, 0.15) is 11.9 Å². The molecule has 0 spiro atoms. The Balaban J connectivity index is 1.48. The number of hydrogen-bond donors (Lipinski definition) is 1. The summed E-state index contributed by atoms with van der Waals surface area (Å²) in [6, 6.07) is 5.95. The van der Waals surface area contributed by atoms with Crippen molar-refractivity contribution in [3.63, 3.8) is 0 Å². The molecule has 25 heavy (non-hydrogen) atoms. The molecule has 0 aliphatic carbocycles. The van der Waals surface area contributed by atoms with Crippen molar-refractivity contribution in [3.8, 4) is 6.07 Å². The lowest BCUT2D eigenvalue weighted by atomic mass is 10.1. The molecule has 3 heterocycles. The molecule has 0 unspecified atom stereocenters. The van der Waals surface area contributed by atoms with Gasteiger partial charge in [0.15, 0.2) is 0 Å². The maximum atomic E-state index is 12.5. The Hall–Kier alpha value is -2.33. The van der Waals surface area contributed by atoms with Crippen LogP contribution in [0.4, 0.5) is 10.6 Å². The predicted molar refractivity (Wildman–Crippen MR) is 94.3 cm³/mol. The lowest BCUT2D eigenvalue weighted by Crippen LogP contribution is -2.55. The highest BCUT2D eigenvalue weighted by atomic mass is 16.5. The van der Waals surface area contributed by atoms with Gasteiger partial charge in [-0.3, -0.25) is 0 Å². The number of piperidine rings is 1. The van der Waals surface area contributed by atoms with E-state index in [1.807, 2.05) is 24.8 Å². The quantitative estimate of drug-likeness (QED) is 0.884. The number of anilines is 1. The van der Waals surface area contributed by atoms with E-state index in [-0.39, 0.29) is 24.3 Å². The van der Waals surface area contributed by atoms with E-state index in [1.165, 1.54) is 0 Å². The van der Waals surface area contributed by atoms with E-state index >= 15 is 0 Å². The van der Waals surface area contributed by atoms with Gasteiger partial charge in [0, 0.05) is 38.4 Å². The smallest absolute Gasteiger partial charge is 0.317 e. The van der Waals surface area contributed by atoms with Crippen LogP contribution in [-0.4, -0.2) is 60.3 Å². The van der Waals surface area contributed by atoms with E-state index in [1.54, 1.807) is 12.3 Å². The van der Waals surface area contributed by atoms with Crippen molar-refractivity contribution in [3.05, 3.63) is 23.9 Å². The molecule has 3 rings (SSSR count). The fourth-order valence-electron chi connectivity index (χ4n) is 3.50. The summed E-state index contributed by atoms with van der Waals surface area (Å²) in [5.41, 5.74) is 0.569. The zero-order valence-corrected chi connectivity index (χ0v) is 14.8. The molecular formula is C18H25N5O2. The number of nitriles is 1. The molecule has 0 saturated carbocycles. The van der Waals surface area contributed by atoms with Gasteiger partial charge in [-0.15, -0.1) is 0 Å². The molecule has 0 aromatic carbocycles. The van der Waals surface area contributed by atoms with Gasteiger partial charge in [0.2, 0.25) is 0 Å². The van der Waals surface area contributed by atoms with Crippen molar-refractivity contribution in [2.75, 3.05) is 31.1 Å². The molecule has 2 fully saturated rings. The Labute approximate surface area is 148 Å². The van der Waals surface area contributed by atoms with E-state index in [0.717, 1.165) is 31.7 Å². The zero-order valence-electron chi connectivity index (χ0n) is 14.8. The highest BCUT2D eigenvalue weighted by Gasteiger charge is 2.28. The molecule has 2 amide bonds. The standard InChI is InChI=1S/C18H25N5O2/c1-13-11-23(12-14(2)25-13)18(24)21-16-5-7-22(8-6-16)17-4-3-15(9-19)10-20-17/h3-4,10,13-14,16H,5-8,11-12H2,1-2H3,(H,21,24)/t13-,14-/m0/s1. The monoisotopic (exact) mass is 343 g/mol. The number of carbonyl (C=O) groups excluding carboxylic acids is 1. The summed E-state index contributed by atoms with van der Waals surface area (Å²) in [5.74, 6) is 0.889. The van der Waals surface area contributed by atoms with Gasteiger partial charge in [0.05, 0.1) is 17.8 Å². The molecule has 1 N–H and O–H groups in total. The third kappa shape index (κ3) is 4.40. The number of ether oxygens (including phenoxy) is 1. The maximum Gasteiger partial charge on any atom is 0.317 e. The fraction of sp³-hybridized carbons (Fsp3) is 0.611. The number of aromatic nitrogens is 1. The first-order valence-corrected chi connectivity index (χ1v) is 8.87. The number of nitrogens with one attached hydrogen (secondary N) is 1. The van der Waals surface area contributed by atoms with Crippen molar-refractivity contribution < 1.29 is 9.53 Å². The molecule has 0 radical (unpaired) electrons. The SMILES string of the molecule is C[C@H]1CN(C(=O)NC2CCN(c3ccc(C#N)cn3)CC2)C[C@H](C)O1. The van der Waals surface area contributed by atoms with E-state index in [0.29, 0.717) is 18.7 Å². The van der Waals surface area contributed by atoms with Crippen LogP contribution in [0.25, 0.3) is 0 Å². The molecule has 0 bridgehead atoms. The highest BCUT2D eigenvalue weighted by Crippen LogP contribution is 2.19. The van der Waals surface area contributed by atoms with Crippen LogP contribution < -0.4 is 10.2 Å². The largest absolute Gasteiger partial charge is 0.372 e. The van der Waals surface area contributed by atoms with Gasteiger partial charge in [0.25, 0.3) is 0 Å². The highest BCUT2D eigenvalue weighted by molar-refractivity contribution is 5.74. The first-order valence-electron chi connectivity index (χ1n) is 8.87. The number of pyridine rings is 1. The lowest BCUT2D eigenvalue weighted by Gasteiger charge is -2.38. The Morgan fingerprint density at radius 2 is 1.96 bits per heavy atom. The zero-order chi connectivity index (χ0) is 17.8. The van der Waals surface area contributed by atoms with Gasteiger partial charge in [-0.2, -0.15) is 5.26 Å². The van der Waals surface area contributed by atoms with Crippen LogP contribution in [0.15, 0.2) is 18.3 Å². The molecular weight excluding hydrogens is 318 g/mol. The molecule has 2 aliphatic heterocycles. The molecule has 2 aliphatic rings. The summed E-state index contributed by atoms with van der Waals surface area (Å²) < 4.78 is 5.68. The minimum atomic E-state index is 0.0111.